The highest BCUT2D eigenvalue weighted by atomic mass is 32.2. The van der Waals surface area contributed by atoms with Crippen LogP contribution < -0.4 is 0 Å². The van der Waals surface area contributed by atoms with Crippen LogP contribution in [0.1, 0.15) is 39.0 Å². The number of carbonyl (C=O) groups is 1. The molecule has 1 saturated carbocycles. The van der Waals surface area contributed by atoms with Gasteiger partial charge in [-0.05, 0) is 24.5 Å². The lowest BCUT2D eigenvalue weighted by molar-refractivity contribution is -0.116. The van der Waals surface area contributed by atoms with Gasteiger partial charge in [0.05, 0.1) is 5.75 Å². The lowest BCUT2D eigenvalue weighted by Crippen LogP contribution is -2.03. The van der Waals surface area contributed by atoms with Crippen molar-refractivity contribution >= 4 is 17.5 Å². The third-order valence-electron chi connectivity index (χ3n) is 2.49. The molecule has 1 aliphatic rings. The zero-order chi connectivity index (χ0) is 8.81. The van der Waals surface area contributed by atoms with Crippen molar-refractivity contribution in [3.63, 3.8) is 0 Å². The molecule has 0 saturated heterocycles. The van der Waals surface area contributed by atoms with E-state index in [0.29, 0.717) is 12.2 Å². The van der Waals surface area contributed by atoms with E-state index in [1.807, 2.05) is 18.7 Å². The predicted molar refractivity (Wildman–Crippen MR) is 54.6 cm³/mol. The van der Waals surface area contributed by atoms with Crippen molar-refractivity contribution in [2.45, 2.75) is 39.0 Å². The zero-order valence-electron chi connectivity index (χ0n) is 7.84. The first kappa shape index (κ1) is 10.1. The van der Waals surface area contributed by atoms with Crippen molar-refractivity contribution in [2.24, 2.45) is 5.92 Å². The molecule has 0 bridgehead atoms. The molecule has 0 atom stereocenters. The minimum absolute atomic E-state index is 0.401. The van der Waals surface area contributed by atoms with Gasteiger partial charge in [0.2, 0.25) is 0 Å². The fourth-order valence-corrected chi connectivity index (χ4v) is 2.83. The summed E-state index contributed by atoms with van der Waals surface area (Å²) in [5.74, 6) is 3.27. The second kappa shape index (κ2) is 5.63. The van der Waals surface area contributed by atoms with E-state index in [1.165, 1.54) is 31.4 Å². The van der Waals surface area contributed by atoms with Crippen LogP contribution in [0.15, 0.2) is 0 Å². The average molecular weight is 186 g/mol. The lowest BCUT2D eigenvalue weighted by atomic mass is 10.1. The molecule has 0 radical (unpaired) electrons. The first-order valence-corrected chi connectivity index (χ1v) is 6.08. The molecule has 1 aliphatic carbocycles. The summed E-state index contributed by atoms with van der Waals surface area (Å²) in [6.45, 7) is 1.94. The zero-order valence-corrected chi connectivity index (χ0v) is 8.66. The van der Waals surface area contributed by atoms with Gasteiger partial charge in [-0.25, -0.2) is 0 Å². The van der Waals surface area contributed by atoms with Crippen molar-refractivity contribution < 1.29 is 4.79 Å². The Balaban J connectivity index is 1.97. The molecule has 0 aromatic carbocycles. The van der Waals surface area contributed by atoms with Gasteiger partial charge >= 0.3 is 0 Å². The van der Waals surface area contributed by atoms with Crippen LogP contribution in [-0.2, 0) is 4.79 Å². The van der Waals surface area contributed by atoms with Crippen molar-refractivity contribution in [1.82, 2.24) is 0 Å². The summed E-state index contributed by atoms with van der Waals surface area (Å²) >= 11 is 1.83. The Morgan fingerprint density at radius 3 is 2.67 bits per heavy atom. The molecule has 1 nitrogen and oxygen atoms in total. The molecule has 1 rings (SSSR count). The van der Waals surface area contributed by atoms with Crippen LogP contribution in [0, 0.1) is 5.92 Å². The monoisotopic (exact) mass is 186 g/mol. The Morgan fingerprint density at radius 1 is 1.42 bits per heavy atom. The molecule has 0 N–H and O–H groups in total. The molecule has 0 aliphatic heterocycles. The number of rotatable bonds is 5. The Labute approximate surface area is 79.3 Å². The molecular formula is C10H18OS. The third kappa shape index (κ3) is 3.61. The van der Waals surface area contributed by atoms with Gasteiger partial charge < -0.3 is 0 Å². The minimum Gasteiger partial charge on any atom is -0.299 e. The molecule has 0 amide bonds. The van der Waals surface area contributed by atoms with Crippen molar-refractivity contribution in [2.75, 3.05) is 11.5 Å². The molecule has 12 heavy (non-hydrogen) atoms. The highest BCUT2D eigenvalue weighted by molar-refractivity contribution is 7.99. The summed E-state index contributed by atoms with van der Waals surface area (Å²) < 4.78 is 0. The molecule has 0 aromatic heterocycles. The number of carbonyl (C=O) groups excluding carboxylic acids is 1. The summed E-state index contributed by atoms with van der Waals surface area (Å²) in [5, 5.41) is 0. The normalized spacial score (nSPS) is 18.4. The number of ketones is 1. The van der Waals surface area contributed by atoms with Crippen LogP contribution in [0.3, 0.4) is 0 Å². The van der Waals surface area contributed by atoms with Gasteiger partial charge in [-0.1, -0.05) is 19.8 Å². The van der Waals surface area contributed by atoms with Crippen LogP contribution in [0.25, 0.3) is 0 Å². The van der Waals surface area contributed by atoms with E-state index in [0.717, 1.165) is 11.7 Å². The van der Waals surface area contributed by atoms with E-state index in [1.54, 1.807) is 0 Å². The summed E-state index contributed by atoms with van der Waals surface area (Å²) in [6, 6.07) is 0. The molecule has 0 aromatic rings. The molecule has 1 fully saturated rings. The molecule has 0 unspecified atom stereocenters. The maximum atomic E-state index is 11.0. The molecule has 0 spiro atoms. The lowest BCUT2D eigenvalue weighted by Gasteiger charge is -2.06. The second-order valence-corrected chi connectivity index (χ2v) is 4.59. The Kier molecular flexibility index (Phi) is 4.74. The Morgan fingerprint density at radius 2 is 2.08 bits per heavy atom. The molecule has 70 valence electrons. The first-order valence-electron chi connectivity index (χ1n) is 4.92. The van der Waals surface area contributed by atoms with E-state index in [9.17, 15) is 4.79 Å². The smallest absolute Gasteiger partial charge is 0.142 e. The maximum absolute atomic E-state index is 11.0. The van der Waals surface area contributed by atoms with E-state index >= 15 is 0 Å². The second-order valence-electron chi connectivity index (χ2n) is 3.56. The highest BCUT2D eigenvalue weighted by Crippen LogP contribution is 2.27. The fourth-order valence-electron chi connectivity index (χ4n) is 1.62. The van der Waals surface area contributed by atoms with E-state index in [2.05, 4.69) is 0 Å². The molecule has 2 heteroatoms. The SMILES string of the molecule is CCC(=O)CSCC1CCCC1. The average Bonchev–Trinajstić information content (AvgIpc) is 2.57. The number of hydrogen-bond acceptors (Lipinski definition) is 2. The largest absolute Gasteiger partial charge is 0.299 e. The summed E-state index contributed by atoms with van der Waals surface area (Å²) in [5.41, 5.74) is 0. The van der Waals surface area contributed by atoms with Crippen molar-refractivity contribution in [1.29, 1.82) is 0 Å². The first-order chi connectivity index (χ1) is 5.83. The van der Waals surface area contributed by atoms with Crippen LogP contribution in [0.4, 0.5) is 0 Å². The van der Waals surface area contributed by atoms with Gasteiger partial charge in [-0.2, -0.15) is 11.8 Å². The van der Waals surface area contributed by atoms with Crippen LogP contribution in [-0.4, -0.2) is 17.3 Å². The van der Waals surface area contributed by atoms with Crippen LogP contribution in [0.2, 0.25) is 0 Å². The predicted octanol–water partition coefficient (Wildman–Crippen LogP) is 2.89. The van der Waals surface area contributed by atoms with Gasteiger partial charge in [0.25, 0.3) is 0 Å². The number of hydrogen-bond donors (Lipinski definition) is 0. The quantitative estimate of drug-likeness (QED) is 0.656. The summed E-state index contributed by atoms with van der Waals surface area (Å²) in [7, 11) is 0. The Hall–Kier alpha value is 0.0200. The third-order valence-corrected chi connectivity index (χ3v) is 3.72. The van der Waals surface area contributed by atoms with Crippen LogP contribution in [0.5, 0.6) is 0 Å². The minimum atomic E-state index is 0.401. The van der Waals surface area contributed by atoms with Crippen molar-refractivity contribution in [3.8, 4) is 0 Å². The summed E-state index contributed by atoms with van der Waals surface area (Å²) in [6.07, 6.45) is 6.32. The van der Waals surface area contributed by atoms with Gasteiger partial charge in [-0.15, -0.1) is 0 Å². The molecule has 0 heterocycles. The van der Waals surface area contributed by atoms with Gasteiger partial charge in [0.15, 0.2) is 0 Å². The molecular weight excluding hydrogens is 168 g/mol. The van der Waals surface area contributed by atoms with E-state index in [4.69, 9.17) is 0 Å². The van der Waals surface area contributed by atoms with Gasteiger partial charge in [0.1, 0.15) is 5.78 Å². The maximum Gasteiger partial charge on any atom is 0.142 e. The Bertz CT molecular complexity index is 139. The summed E-state index contributed by atoms with van der Waals surface area (Å²) in [4.78, 5) is 11.0. The van der Waals surface area contributed by atoms with Gasteiger partial charge in [-0.3, -0.25) is 4.79 Å². The van der Waals surface area contributed by atoms with E-state index < -0.39 is 0 Å². The van der Waals surface area contributed by atoms with E-state index in [-0.39, 0.29) is 0 Å². The number of Topliss-reactive ketones (excluding diaryl/α,β-unsaturated/α-hetero) is 1. The number of thioether (sulfide) groups is 1. The van der Waals surface area contributed by atoms with Gasteiger partial charge in [0, 0.05) is 6.42 Å². The van der Waals surface area contributed by atoms with Crippen LogP contribution >= 0.6 is 11.8 Å². The fraction of sp³-hybridized carbons (Fsp3) is 0.900. The standard InChI is InChI=1S/C10H18OS/c1-2-10(11)8-12-7-9-5-3-4-6-9/h9H,2-8H2,1H3. The highest BCUT2D eigenvalue weighted by Gasteiger charge is 2.14. The topological polar surface area (TPSA) is 17.1 Å². The van der Waals surface area contributed by atoms with Crippen molar-refractivity contribution in [3.05, 3.63) is 0 Å².